The van der Waals surface area contributed by atoms with Crippen molar-refractivity contribution in [3.63, 3.8) is 0 Å². The van der Waals surface area contributed by atoms with Gasteiger partial charge in [0, 0.05) is 26.2 Å². The quantitative estimate of drug-likeness (QED) is 0.642. The van der Waals surface area contributed by atoms with Crippen molar-refractivity contribution in [1.29, 1.82) is 0 Å². The van der Waals surface area contributed by atoms with Gasteiger partial charge >= 0.3 is 6.03 Å². The van der Waals surface area contributed by atoms with Gasteiger partial charge in [0.05, 0.1) is 12.7 Å². The van der Waals surface area contributed by atoms with Gasteiger partial charge in [0.15, 0.2) is 0 Å². The van der Waals surface area contributed by atoms with E-state index < -0.39 is 23.4 Å². The molecule has 2 atom stereocenters. The van der Waals surface area contributed by atoms with Crippen molar-refractivity contribution in [3.8, 4) is 0 Å². The van der Waals surface area contributed by atoms with E-state index in [1.807, 2.05) is 24.3 Å². The van der Waals surface area contributed by atoms with Gasteiger partial charge in [-0.05, 0) is 18.1 Å². The average molecular weight is 437 g/mol. The van der Waals surface area contributed by atoms with Crippen LogP contribution in [-0.2, 0) is 26.4 Å². The van der Waals surface area contributed by atoms with Crippen LogP contribution in [0.15, 0.2) is 60.7 Å². The van der Waals surface area contributed by atoms with E-state index in [2.05, 4.69) is 27.7 Å². The first-order valence-corrected chi connectivity index (χ1v) is 10.8. The molecule has 2 aromatic rings. The maximum Gasteiger partial charge on any atom is 0.325 e. The molecule has 0 saturated carbocycles. The minimum Gasteiger partial charge on any atom is -0.374 e. The first-order valence-electron chi connectivity index (χ1n) is 10.8. The van der Waals surface area contributed by atoms with Crippen LogP contribution in [0.25, 0.3) is 0 Å². The lowest BCUT2D eigenvalue weighted by molar-refractivity contribution is -0.135. The van der Waals surface area contributed by atoms with Crippen LogP contribution in [0.4, 0.5) is 4.79 Å². The van der Waals surface area contributed by atoms with Crippen molar-refractivity contribution >= 4 is 17.8 Å². The number of imide groups is 1. The summed E-state index contributed by atoms with van der Waals surface area (Å²) in [7, 11) is 0. The molecule has 8 heteroatoms. The Morgan fingerprint density at radius 1 is 1.12 bits per heavy atom. The van der Waals surface area contributed by atoms with Crippen LogP contribution in [0.3, 0.4) is 0 Å². The van der Waals surface area contributed by atoms with Crippen LogP contribution < -0.4 is 10.6 Å². The number of rotatable bonds is 7. The summed E-state index contributed by atoms with van der Waals surface area (Å²) in [6.07, 6.45) is -0.144. The Hall–Kier alpha value is -3.23. The Morgan fingerprint density at radius 3 is 2.53 bits per heavy atom. The number of benzene rings is 2. The molecule has 0 radical (unpaired) electrons. The summed E-state index contributed by atoms with van der Waals surface area (Å²) in [6.45, 7) is 4.60. The number of urea groups is 1. The highest BCUT2D eigenvalue weighted by Crippen LogP contribution is 2.28. The van der Waals surface area contributed by atoms with Gasteiger partial charge < -0.3 is 15.4 Å². The van der Waals surface area contributed by atoms with Gasteiger partial charge in [0.1, 0.15) is 12.1 Å². The Kier molecular flexibility index (Phi) is 6.53. The van der Waals surface area contributed by atoms with Crippen molar-refractivity contribution in [2.45, 2.75) is 25.1 Å². The number of ether oxygens (including phenoxy) is 1. The number of morpholine rings is 1. The molecule has 0 aliphatic carbocycles. The third-order valence-electron chi connectivity index (χ3n) is 5.93. The SMILES string of the molecule is CC1(c2ccccc2)NC(=O)N(CC(=O)NCC2CN(Cc3ccccc3)CCO2)C1=O. The zero-order valence-corrected chi connectivity index (χ0v) is 18.1. The van der Waals surface area contributed by atoms with Gasteiger partial charge in [-0.15, -0.1) is 0 Å². The molecule has 2 N–H and O–H groups in total. The molecule has 4 amide bonds. The lowest BCUT2D eigenvalue weighted by Gasteiger charge is -2.33. The zero-order valence-electron chi connectivity index (χ0n) is 18.1. The highest BCUT2D eigenvalue weighted by molar-refractivity contribution is 6.09. The lowest BCUT2D eigenvalue weighted by atomic mass is 9.92. The van der Waals surface area contributed by atoms with E-state index in [0.29, 0.717) is 25.3 Å². The van der Waals surface area contributed by atoms with Crippen LogP contribution in [0.5, 0.6) is 0 Å². The number of carbonyl (C=O) groups is 3. The molecule has 2 aromatic carbocycles. The Balaban J connectivity index is 1.28. The van der Waals surface area contributed by atoms with E-state index in [9.17, 15) is 14.4 Å². The summed E-state index contributed by atoms with van der Waals surface area (Å²) in [4.78, 5) is 41.1. The van der Waals surface area contributed by atoms with Crippen molar-refractivity contribution in [2.75, 3.05) is 32.8 Å². The fraction of sp³-hybridized carbons (Fsp3) is 0.375. The van der Waals surface area contributed by atoms with Crippen LogP contribution in [0, 0.1) is 0 Å². The van der Waals surface area contributed by atoms with E-state index >= 15 is 0 Å². The van der Waals surface area contributed by atoms with Crippen molar-refractivity contribution in [1.82, 2.24) is 20.4 Å². The topological polar surface area (TPSA) is 91.0 Å². The largest absolute Gasteiger partial charge is 0.374 e. The Morgan fingerprint density at radius 2 is 1.81 bits per heavy atom. The van der Waals surface area contributed by atoms with Crippen molar-refractivity contribution in [2.24, 2.45) is 0 Å². The van der Waals surface area contributed by atoms with Crippen molar-refractivity contribution in [3.05, 3.63) is 71.8 Å². The summed E-state index contributed by atoms with van der Waals surface area (Å²) in [5.74, 6) is -0.832. The van der Waals surface area contributed by atoms with Crippen LogP contribution in [0.2, 0.25) is 0 Å². The molecule has 2 aliphatic rings. The molecule has 0 spiro atoms. The van der Waals surface area contributed by atoms with E-state index in [0.717, 1.165) is 18.0 Å². The van der Waals surface area contributed by atoms with Gasteiger partial charge in [-0.3, -0.25) is 19.4 Å². The van der Waals surface area contributed by atoms with Crippen molar-refractivity contribution < 1.29 is 19.1 Å². The standard InChI is InChI=1S/C24H28N4O4/c1-24(19-10-6-3-7-11-19)22(30)28(23(31)26-24)17-21(29)25-14-20-16-27(12-13-32-20)15-18-8-4-2-5-9-18/h2-11,20H,12-17H2,1H3,(H,25,29)(H,26,31). The first-order chi connectivity index (χ1) is 15.5. The monoisotopic (exact) mass is 436 g/mol. The molecule has 168 valence electrons. The normalized spacial score (nSPS) is 23.8. The van der Waals surface area contributed by atoms with Crippen LogP contribution in [-0.4, -0.2) is 66.5 Å². The molecule has 2 unspecified atom stereocenters. The minimum atomic E-state index is -1.18. The van der Waals surface area contributed by atoms with Gasteiger partial charge in [-0.2, -0.15) is 0 Å². The Labute approximate surface area is 187 Å². The summed E-state index contributed by atoms with van der Waals surface area (Å²) >= 11 is 0. The molecule has 2 aliphatic heterocycles. The fourth-order valence-corrected chi connectivity index (χ4v) is 4.12. The van der Waals surface area contributed by atoms with E-state index in [1.54, 1.807) is 31.2 Å². The van der Waals surface area contributed by atoms with Gasteiger partial charge in [-0.25, -0.2) is 4.79 Å². The van der Waals surface area contributed by atoms with E-state index in [4.69, 9.17) is 4.74 Å². The number of nitrogens with one attached hydrogen (secondary N) is 2. The molecule has 32 heavy (non-hydrogen) atoms. The minimum absolute atomic E-state index is 0.144. The molecular weight excluding hydrogens is 408 g/mol. The molecule has 2 heterocycles. The molecular formula is C24H28N4O4. The summed E-state index contributed by atoms with van der Waals surface area (Å²) < 4.78 is 5.78. The highest BCUT2D eigenvalue weighted by Gasteiger charge is 2.49. The van der Waals surface area contributed by atoms with Crippen LogP contribution in [0.1, 0.15) is 18.1 Å². The third-order valence-corrected chi connectivity index (χ3v) is 5.93. The first kappa shape index (κ1) is 22.0. The third kappa shape index (κ3) is 4.81. The maximum absolute atomic E-state index is 12.9. The predicted molar refractivity (Wildman–Crippen MR) is 119 cm³/mol. The number of hydrogen-bond donors (Lipinski definition) is 2. The van der Waals surface area contributed by atoms with E-state index in [-0.39, 0.29) is 12.6 Å². The summed E-state index contributed by atoms with van der Waals surface area (Å²) in [5.41, 5.74) is 0.732. The number of carbonyl (C=O) groups excluding carboxylic acids is 3. The second-order valence-electron chi connectivity index (χ2n) is 8.33. The number of nitrogens with zero attached hydrogens (tertiary/aromatic N) is 2. The second-order valence-corrected chi connectivity index (χ2v) is 8.33. The van der Waals surface area contributed by atoms with Gasteiger partial charge in [0.2, 0.25) is 5.91 Å². The summed E-state index contributed by atoms with van der Waals surface area (Å²) in [5, 5.41) is 5.52. The average Bonchev–Trinajstić information content (AvgIpc) is 3.03. The molecule has 2 fully saturated rings. The second kappa shape index (κ2) is 9.50. The van der Waals surface area contributed by atoms with Crippen LogP contribution >= 0.6 is 0 Å². The molecule has 8 nitrogen and oxygen atoms in total. The van der Waals surface area contributed by atoms with Gasteiger partial charge in [-0.1, -0.05) is 60.7 Å². The molecule has 2 saturated heterocycles. The van der Waals surface area contributed by atoms with E-state index in [1.165, 1.54) is 5.56 Å². The summed E-state index contributed by atoms with van der Waals surface area (Å²) in [6, 6.07) is 18.7. The number of hydrogen-bond acceptors (Lipinski definition) is 5. The number of amides is 4. The molecule has 0 aromatic heterocycles. The maximum atomic E-state index is 12.9. The zero-order chi connectivity index (χ0) is 22.6. The molecule has 4 rings (SSSR count). The fourth-order valence-electron chi connectivity index (χ4n) is 4.12. The smallest absolute Gasteiger partial charge is 0.325 e. The highest BCUT2D eigenvalue weighted by atomic mass is 16.5. The molecule has 0 bridgehead atoms. The van der Waals surface area contributed by atoms with Gasteiger partial charge in [0.25, 0.3) is 5.91 Å². The predicted octanol–water partition coefficient (Wildman–Crippen LogP) is 1.47. The Bertz CT molecular complexity index is 968. The lowest BCUT2D eigenvalue weighted by Crippen LogP contribution is -2.49.